The lowest BCUT2D eigenvalue weighted by molar-refractivity contribution is -0.128. The molecule has 0 saturated heterocycles. The first-order valence-electron chi connectivity index (χ1n) is 6.91. The van der Waals surface area contributed by atoms with Crippen LogP contribution in [0.2, 0.25) is 5.02 Å². The standard InChI is InChI=1S/C15H20ClFN2O/c1-15(18)8-3-2-5-11(15)14(20)19-9-10-12(16)6-4-7-13(10)17/h4,6-7,11H,2-3,5,8-9,18H2,1H3,(H,19,20). The van der Waals surface area contributed by atoms with Crippen LogP contribution in [0.25, 0.3) is 0 Å². The second kappa shape index (κ2) is 6.10. The molecular weight excluding hydrogens is 279 g/mol. The van der Waals surface area contributed by atoms with Gasteiger partial charge in [-0.25, -0.2) is 4.39 Å². The zero-order valence-corrected chi connectivity index (χ0v) is 12.3. The molecule has 1 aliphatic rings. The largest absolute Gasteiger partial charge is 0.352 e. The third kappa shape index (κ3) is 3.30. The number of nitrogens with two attached hydrogens (primary N) is 1. The van der Waals surface area contributed by atoms with Crippen LogP contribution >= 0.6 is 11.6 Å². The minimum Gasteiger partial charge on any atom is -0.352 e. The van der Waals surface area contributed by atoms with Gasteiger partial charge in [0.15, 0.2) is 0 Å². The van der Waals surface area contributed by atoms with Crippen LogP contribution in [0.5, 0.6) is 0 Å². The molecular formula is C15H20ClFN2O. The van der Waals surface area contributed by atoms with Crippen LogP contribution in [-0.4, -0.2) is 11.4 Å². The van der Waals surface area contributed by atoms with Crippen LogP contribution in [0.3, 0.4) is 0 Å². The summed E-state index contributed by atoms with van der Waals surface area (Å²) in [5.41, 5.74) is 6.02. The fourth-order valence-electron chi connectivity index (χ4n) is 2.79. The molecule has 0 heterocycles. The van der Waals surface area contributed by atoms with Crippen LogP contribution < -0.4 is 11.1 Å². The van der Waals surface area contributed by atoms with Crippen LogP contribution in [0.4, 0.5) is 4.39 Å². The van der Waals surface area contributed by atoms with Crippen molar-refractivity contribution in [2.75, 3.05) is 0 Å². The molecule has 0 aliphatic heterocycles. The molecule has 0 bridgehead atoms. The Labute approximate surface area is 123 Å². The summed E-state index contributed by atoms with van der Waals surface area (Å²) in [7, 11) is 0. The fraction of sp³-hybridized carbons (Fsp3) is 0.533. The lowest BCUT2D eigenvalue weighted by atomic mass is 9.74. The van der Waals surface area contributed by atoms with Crippen molar-refractivity contribution in [1.29, 1.82) is 0 Å². The molecule has 3 nitrogen and oxygen atoms in total. The van der Waals surface area contributed by atoms with Crippen molar-refractivity contribution in [2.24, 2.45) is 11.7 Å². The third-order valence-corrected chi connectivity index (χ3v) is 4.43. The molecule has 0 radical (unpaired) electrons. The van der Waals surface area contributed by atoms with E-state index in [1.807, 2.05) is 6.92 Å². The van der Waals surface area contributed by atoms with Gasteiger partial charge in [-0.15, -0.1) is 0 Å². The molecule has 2 atom stereocenters. The third-order valence-electron chi connectivity index (χ3n) is 4.07. The van der Waals surface area contributed by atoms with Gasteiger partial charge < -0.3 is 11.1 Å². The van der Waals surface area contributed by atoms with Gasteiger partial charge in [0.05, 0.1) is 5.92 Å². The maximum atomic E-state index is 13.6. The lowest BCUT2D eigenvalue weighted by Gasteiger charge is -2.37. The van der Waals surface area contributed by atoms with Gasteiger partial charge in [0.25, 0.3) is 0 Å². The van der Waals surface area contributed by atoms with Gasteiger partial charge in [-0.3, -0.25) is 4.79 Å². The van der Waals surface area contributed by atoms with E-state index < -0.39 is 11.4 Å². The molecule has 1 aromatic rings. The highest BCUT2D eigenvalue weighted by molar-refractivity contribution is 6.31. The highest BCUT2D eigenvalue weighted by Gasteiger charge is 2.37. The summed E-state index contributed by atoms with van der Waals surface area (Å²) in [6.45, 7) is 2.00. The number of hydrogen-bond donors (Lipinski definition) is 2. The first-order valence-corrected chi connectivity index (χ1v) is 7.29. The van der Waals surface area contributed by atoms with Crippen molar-refractivity contribution in [1.82, 2.24) is 5.32 Å². The molecule has 0 aromatic heterocycles. The van der Waals surface area contributed by atoms with Gasteiger partial charge in [-0.1, -0.05) is 30.5 Å². The quantitative estimate of drug-likeness (QED) is 0.901. The molecule has 1 fully saturated rings. The number of hydrogen-bond acceptors (Lipinski definition) is 2. The number of nitrogens with one attached hydrogen (secondary N) is 1. The molecule has 1 aliphatic carbocycles. The van der Waals surface area contributed by atoms with Crippen molar-refractivity contribution in [2.45, 2.75) is 44.7 Å². The fourth-order valence-corrected chi connectivity index (χ4v) is 3.02. The second-order valence-electron chi connectivity index (χ2n) is 5.72. The Morgan fingerprint density at radius 3 is 2.95 bits per heavy atom. The summed E-state index contributed by atoms with van der Waals surface area (Å²) < 4.78 is 13.6. The molecule has 1 aromatic carbocycles. The average Bonchev–Trinajstić information content (AvgIpc) is 2.37. The van der Waals surface area contributed by atoms with E-state index in [0.717, 1.165) is 25.7 Å². The Balaban J connectivity index is 2.02. The number of halogens is 2. The van der Waals surface area contributed by atoms with Gasteiger partial charge >= 0.3 is 0 Å². The summed E-state index contributed by atoms with van der Waals surface area (Å²) in [5, 5.41) is 3.09. The minimum atomic E-state index is -0.485. The van der Waals surface area contributed by atoms with Gasteiger partial charge in [-0.2, -0.15) is 0 Å². The van der Waals surface area contributed by atoms with E-state index in [2.05, 4.69) is 5.32 Å². The van der Waals surface area contributed by atoms with Crippen molar-refractivity contribution in [3.8, 4) is 0 Å². The lowest BCUT2D eigenvalue weighted by Crippen LogP contribution is -2.52. The zero-order chi connectivity index (χ0) is 14.8. The van der Waals surface area contributed by atoms with Crippen molar-refractivity contribution < 1.29 is 9.18 Å². The number of carbonyl (C=O) groups is 1. The Hall–Kier alpha value is -1.13. The molecule has 1 saturated carbocycles. The Bertz CT molecular complexity index is 484. The number of carbonyl (C=O) groups excluding carboxylic acids is 1. The summed E-state index contributed by atoms with van der Waals surface area (Å²) in [4.78, 5) is 12.3. The van der Waals surface area contributed by atoms with Crippen LogP contribution in [0.1, 0.15) is 38.2 Å². The van der Waals surface area contributed by atoms with E-state index in [1.54, 1.807) is 12.1 Å². The summed E-state index contributed by atoms with van der Waals surface area (Å²) in [6.07, 6.45) is 3.68. The second-order valence-corrected chi connectivity index (χ2v) is 6.13. The van der Waals surface area contributed by atoms with E-state index in [4.69, 9.17) is 17.3 Å². The normalized spacial score (nSPS) is 26.3. The number of benzene rings is 1. The molecule has 0 spiro atoms. The van der Waals surface area contributed by atoms with Crippen LogP contribution in [0, 0.1) is 11.7 Å². The summed E-state index contributed by atoms with van der Waals surface area (Å²) in [5.74, 6) is -0.743. The van der Waals surface area contributed by atoms with Gasteiger partial charge in [0, 0.05) is 22.7 Å². The summed E-state index contributed by atoms with van der Waals surface area (Å²) >= 11 is 5.94. The summed E-state index contributed by atoms with van der Waals surface area (Å²) in [6, 6.07) is 4.49. The van der Waals surface area contributed by atoms with Crippen molar-refractivity contribution >= 4 is 17.5 Å². The van der Waals surface area contributed by atoms with E-state index in [-0.39, 0.29) is 18.4 Å². The molecule has 20 heavy (non-hydrogen) atoms. The molecule has 5 heteroatoms. The van der Waals surface area contributed by atoms with Gasteiger partial charge in [0.2, 0.25) is 5.91 Å². The number of amides is 1. The van der Waals surface area contributed by atoms with Crippen molar-refractivity contribution in [3.05, 3.63) is 34.6 Å². The van der Waals surface area contributed by atoms with Crippen LogP contribution in [0.15, 0.2) is 18.2 Å². The Morgan fingerprint density at radius 2 is 2.30 bits per heavy atom. The first-order chi connectivity index (χ1) is 9.42. The topological polar surface area (TPSA) is 55.1 Å². The SMILES string of the molecule is CC1(N)CCCCC1C(=O)NCc1c(F)cccc1Cl. The predicted molar refractivity (Wildman–Crippen MR) is 77.8 cm³/mol. The Morgan fingerprint density at radius 1 is 1.55 bits per heavy atom. The maximum Gasteiger partial charge on any atom is 0.225 e. The zero-order valence-electron chi connectivity index (χ0n) is 11.6. The highest BCUT2D eigenvalue weighted by atomic mass is 35.5. The Kier molecular flexibility index (Phi) is 4.66. The molecule has 110 valence electrons. The smallest absolute Gasteiger partial charge is 0.225 e. The van der Waals surface area contributed by atoms with E-state index in [9.17, 15) is 9.18 Å². The average molecular weight is 299 g/mol. The monoisotopic (exact) mass is 298 g/mol. The first kappa shape index (κ1) is 15.3. The predicted octanol–water partition coefficient (Wildman–Crippen LogP) is 3.00. The maximum absolute atomic E-state index is 13.6. The van der Waals surface area contributed by atoms with E-state index in [0.29, 0.717) is 10.6 Å². The molecule has 2 rings (SSSR count). The molecule has 3 N–H and O–H groups in total. The van der Waals surface area contributed by atoms with Crippen molar-refractivity contribution in [3.63, 3.8) is 0 Å². The highest BCUT2D eigenvalue weighted by Crippen LogP contribution is 2.31. The van der Waals surface area contributed by atoms with E-state index >= 15 is 0 Å². The van der Waals surface area contributed by atoms with Gasteiger partial charge in [0.1, 0.15) is 5.82 Å². The van der Waals surface area contributed by atoms with E-state index in [1.165, 1.54) is 6.07 Å². The van der Waals surface area contributed by atoms with Crippen LogP contribution in [-0.2, 0) is 11.3 Å². The minimum absolute atomic E-state index is 0.0942. The molecule has 1 amide bonds. The number of rotatable bonds is 3. The molecule has 2 unspecified atom stereocenters. The van der Waals surface area contributed by atoms with Gasteiger partial charge in [-0.05, 0) is 31.9 Å².